The average Bonchev–Trinajstić information content (AvgIpc) is 2.84. The summed E-state index contributed by atoms with van der Waals surface area (Å²) in [5.74, 6) is 0.924. The van der Waals surface area contributed by atoms with Crippen LogP contribution in [0.2, 0.25) is 0 Å². The number of nitrogens with two attached hydrogens (primary N) is 1. The van der Waals surface area contributed by atoms with Gasteiger partial charge in [0.05, 0.1) is 16.9 Å². The third-order valence-electron chi connectivity index (χ3n) is 2.46. The van der Waals surface area contributed by atoms with Gasteiger partial charge >= 0.3 is 0 Å². The maximum Gasteiger partial charge on any atom is 0.107 e. The van der Waals surface area contributed by atoms with Crippen molar-refractivity contribution < 1.29 is 0 Å². The smallest absolute Gasteiger partial charge is 0.107 e. The van der Waals surface area contributed by atoms with Crippen LogP contribution < -0.4 is 11.1 Å². The molecule has 5 nitrogen and oxygen atoms in total. The topological polar surface area (TPSA) is 90.5 Å². The first-order valence-corrected chi connectivity index (χ1v) is 5.32. The Kier molecular flexibility index (Phi) is 3.26. The molecule has 0 aliphatic heterocycles. The summed E-state index contributed by atoms with van der Waals surface area (Å²) in [6.07, 6.45) is 4.29. The molecule has 5 heteroatoms. The summed E-state index contributed by atoms with van der Waals surface area (Å²) in [4.78, 5) is 7.15. The second-order valence-electron chi connectivity index (χ2n) is 3.59. The van der Waals surface area contributed by atoms with Crippen LogP contribution in [0.1, 0.15) is 11.4 Å². The highest BCUT2D eigenvalue weighted by molar-refractivity contribution is 5.72. The van der Waals surface area contributed by atoms with Gasteiger partial charge in [0.2, 0.25) is 0 Å². The lowest BCUT2D eigenvalue weighted by Gasteiger charge is -2.09. The Hall–Kier alpha value is -2.48. The number of aromatic nitrogens is 2. The first kappa shape index (κ1) is 11.0. The normalized spacial score (nSPS) is 9.82. The molecule has 0 aliphatic carbocycles. The number of nitrogens with zero attached hydrogens (tertiary/aromatic N) is 2. The number of anilines is 2. The Labute approximate surface area is 99.3 Å². The van der Waals surface area contributed by atoms with Crippen molar-refractivity contribution in [2.75, 3.05) is 17.6 Å². The van der Waals surface area contributed by atoms with Gasteiger partial charge in [0, 0.05) is 25.4 Å². The highest BCUT2D eigenvalue weighted by Gasteiger charge is 2.03. The van der Waals surface area contributed by atoms with Crippen molar-refractivity contribution in [2.24, 2.45) is 0 Å². The zero-order valence-electron chi connectivity index (χ0n) is 9.27. The van der Waals surface area contributed by atoms with Crippen LogP contribution in [0.25, 0.3) is 0 Å². The van der Waals surface area contributed by atoms with Crippen LogP contribution in [-0.2, 0) is 6.42 Å². The van der Waals surface area contributed by atoms with Gasteiger partial charge in [-0.1, -0.05) is 6.07 Å². The first-order chi connectivity index (χ1) is 8.31. The lowest BCUT2D eigenvalue weighted by Crippen LogP contribution is -2.08. The van der Waals surface area contributed by atoms with E-state index < -0.39 is 0 Å². The summed E-state index contributed by atoms with van der Waals surface area (Å²) in [6, 6.07) is 7.43. The van der Waals surface area contributed by atoms with Gasteiger partial charge in [-0.2, -0.15) is 5.26 Å². The number of H-pyrrole nitrogens is 1. The maximum atomic E-state index is 8.85. The second-order valence-corrected chi connectivity index (χ2v) is 3.59. The van der Waals surface area contributed by atoms with Crippen molar-refractivity contribution in [2.45, 2.75) is 6.42 Å². The van der Waals surface area contributed by atoms with E-state index in [0.717, 1.165) is 17.9 Å². The van der Waals surface area contributed by atoms with Crippen LogP contribution in [0.15, 0.2) is 30.6 Å². The third-order valence-corrected chi connectivity index (χ3v) is 2.46. The second kappa shape index (κ2) is 5.03. The molecule has 2 aromatic rings. The third kappa shape index (κ3) is 2.55. The molecular weight excluding hydrogens is 214 g/mol. The molecule has 2 rings (SSSR count). The van der Waals surface area contributed by atoms with Crippen molar-refractivity contribution in [1.82, 2.24) is 9.97 Å². The van der Waals surface area contributed by atoms with E-state index in [-0.39, 0.29) is 0 Å². The van der Waals surface area contributed by atoms with Gasteiger partial charge in [0.25, 0.3) is 0 Å². The van der Waals surface area contributed by atoms with Crippen LogP contribution in [0, 0.1) is 11.3 Å². The molecule has 4 N–H and O–H groups in total. The minimum Gasteiger partial charge on any atom is -0.396 e. The molecule has 0 amide bonds. The largest absolute Gasteiger partial charge is 0.396 e. The lowest BCUT2D eigenvalue weighted by molar-refractivity contribution is 0.928. The number of para-hydroxylation sites is 1. The van der Waals surface area contributed by atoms with Crippen molar-refractivity contribution in [3.8, 4) is 6.07 Å². The van der Waals surface area contributed by atoms with E-state index in [1.54, 1.807) is 18.5 Å². The van der Waals surface area contributed by atoms with E-state index in [9.17, 15) is 0 Å². The van der Waals surface area contributed by atoms with Gasteiger partial charge in [0.1, 0.15) is 11.9 Å². The molecule has 0 spiro atoms. The zero-order valence-corrected chi connectivity index (χ0v) is 9.27. The maximum absolute atomic E-state index is 8.85. The molecule has 0 saturated heterocycles. The molecule has 0 fully saturated rings. The van der Waals surface area contributed by atoms with E-state index in [1.165, 1.54) is 0 Å². The number of nitriles is 1. The van der Waals surface area contributed by atoms with E-state index in [0.29, 0.717) is 17.8 Å². The summed E-state index contributed by atoms with van der Waals surface area (Å²) in [6.45, 7) is 0.715. The van der Waals surface area contributed by atoms with Crippen LogP contribution in [0.3, 0.4) is 0 Å². The molecule has 0 saturated carbocycles. The van der Waals surface area contributed by atoms with Gasteiger partial charge in [-0.25, -0.2) is 4.98 Å². The fourth-order valence-electron chi connectivity index (χ4n) is 1.57. The summed E-state index contributed by atoms with van der Waals surface area (Å²) in [5, 5.41) is 12.0. The Morgan fingerprint density at radius 3 is 3.06 bits per heavy atom. The number of aromatic amines is 1. The molecule has 0 bridgehead atoms. The number of hydrogen-bond acceptors (Lipinski definition) is 4. The fourth-order valence-corrected chi connectivity index (χ4v) is 1.57. The predicted octanol–water partition coefficient (Wildman–Crippen LogP) is 1.52. The van der Waals surface area contributed by atoms with E-state index in [1.807, 2.05) is 12.1 Å². The Balaban J connectivity index is 1.98. The number of imidazole rings is 1. The molecule has 1 heterocycles. The molecule has 0 unspecified atom stereocenters. The SMILES string of the molecule is N#Cc1cccc(NCCc2ncc[nH]2)c1N. The van der Waals surface area contributed by atoms with Crippen LogP contribution in [0.4, 0.5) is 11.4 Å². The number of nitrogen functional groups attached to an aromatic ring is 1. The number of hydrogen-bond donors (Lipinski definition) is 3. The summed E-state index contributed by atoms with van der Waals surface area (Å²) >= 11 is 0. The fraction of sp³-hybridized carbons (Fsp3) is 0.167. The molecule has 1 aromatic heterocycles. The zero-order chi connectivity index (χ0) is 12.1. The van der Waals surface area contributed by atoms with Crippen molar-refractivity contribution in [3.63, 3.8) is 0 Å². The Morgan fingerprint density at radius 2 is 2.35 bits per heavy atom. The summed E-state index contributed by atoms with van der Waals surface area (Å²) in [7, 11) is 0. The number of rotatable bonds is 4. The highest BCUT2D eigenvalue weighted by Crippen LogP contribution is 2.21. The van der Waals surface area contributed by atoms with Crippen molar-refractivity contribution >= 4 is 11.4 Å². The van der Waals surface area contributed by atoms with E-state index in [2.05, 4.69) is 21.4 Å². The Bertz CT molecular complexity index is 524. The molecular formula is C12H13N5. The predicted molar refractivity (Wildman–Crippen MR) is 66.4 cm³/mol. The molecule has 0 atom stereocenters. The van der Waals surface area contributed by atoms with Gasteiger partial charge in [-0.05, 0) is 12.1 Å². The average molecular weight is 227 g/mol. The molecule has 0 aliphatic rings. The summed E-state index contributed by atoms with van der Waals surface area (Å²) < 4.78 is 0. The van der Waals surface area contributed by atoms with Crippen molar-refractivity contribution in [1.29, 1.82) is 5.26 Å². The minimum atomic E-state index is 0.494. The first-order valence-electron chi connectivity index (χ1n) is 5.32. The number of benzene rings is 1. The molecule has 86 valence electrons. The Morgan fingerprint density at radius 1 is 1.47 bits per heavy atom. The van der Waals surface area contributed by atoms with Crippen LogP contribution in [-0.4, -0.2) is 16.5 Å². The van der Waals surface area contributed by atoms with Crippen LogP contribution >= 0.6 is 0 Å². The standard InChI is InChI=1S/C12H13N5/c13-8-9-2-1-3-10(12(9)14)15-5-4-11-16-6-7-17-11/h1-3,6-7,15H,4-5,14H2,(H,16,17). The highest BCUT2D eigenvalue weighted by atomic mass is 14.9. The lowest BCUT2D eigenvalue weighted by atomic mass is 10.1. The molecule has 17 heavy (non-hydrogen) atoms. The van der Waals surface area contributed by atoms with Crippen LogP contribution in [0.5, 0.6) is 0 Å². The molecule has 0 radical (unpaired) electrons. The van der Waals surface area contributed by atoms with Gasteiger partial charge in [-0.3, -0.25) is 0 Å². The quantitative estimate of drug-likeness (QED) is 0.691. The monoisotopic (exact) mass is 227 g/mol. The van der Waals surface area contributed by atoms with Gasteiger partial charge < -0.3 is 16.0 Å². The minimum absolute atomic E-state index is 0.494. The van der Waals surface area contributed by atoms with Crippen molar-refractivity contribution in [3.05, 3.63) is 42.0 Å². The van der Waals surface area contributed by atoms with Gasteiger partial charge in [-0.15, -0.1) is 0 Å². The van der Waals surface area contributed by atoms with E-state index >= 15 is 0 Å². The molecule has 1 aromatic carbocycles. The van der Waals surface area contributed by atoms with Gasteiger partial charge in [0.15, 0.2) is 0 Å². The van der Waals surface area contributed by atoms with E-state index in [4.69, 9.17) is 11.0 Å². The summed E-state index contributed by atoms with van der Waals surface area (Å²) in [5.41, 5.74) is 7.62. The number of nitrogens with one attached hydrogen (secondary N) is 2.